The molecule has 438 valence electrons. The van der Waals surface area contributed by atoms with Gasteiger partial charge in [-0.3, -0.25) is 0 Å². The molecule has 33 heteroatoms. The van der Waals surface area contributed by atoms with E-state index in [1.54, 1.807) is 0 Å². The molecular formula is C42H73NO32. The summed E-state index contributed by atoms with van der Waals surface area (Å²) in [6, 6.07) is 0. The van der Waals surface area contributed by atoms with Crippen molar-refractivity contribution in [3.63, 3.8) is 0 Å². The number of rotatable bonds is 23. The summed E-state index contributed by atoms with van der Waals surface area (Å²) in [6.07, 6.45) is -55.5. The Morgan fingerprint density at radius 2 is 0.640 bits per heavy atom. The van der Waals surface area contributed by atoms with E-state index in [-0.39, 0.29) is 6.61 Å². The van der Waals surface area contributed by atoms with Crippen molar-refractivity contribution in [1.29, 1.82) is 0 Å². The van der Waals surface area contributed by atoms with Crippen molar-refractivity contribution in [3.8, 4) is 0 Å². The molecule has 6 rings (SSSR count). The maximum absolute atomic E-state index is 12.6. The number of carboxylic acid groups (broad SMARTS) is 1. The minimum Gasteiger partial charge on any atom is -0.479 e. The van der Waals surface area contributed by atoms with Crippen LogP contribution < -0.4 is 5.73 Å². The maximum atomic E-state index is 12.6. The topological polar surface area (TPSA) is 538 Å². The smallest absolute Gasteiger partial charge is 0.335 e. The Hall–Kier alpha value is -1.77. The van der Waals surface area contributed by atoms with E-state index in [0.717, 1.165) is 19.3 Å². The van der Waals surface area contributed by atoms with Crippen molar-refractivity contribution in [2.24, 2.45) is 5.73 Å². The second kappa shape index (κ2) is 28.1. The molecule has 6 aliphatic heterocycles. The van der Waals surface area contributed by atoms with Crippen molar-refractivity contribution in [2.45, 2.75) is 210 Å². The second-order valence-corrected chi connectivity index (χ2v) is 18.8. The van der Waals surface area contributed by atoms with E-state index in [0.29, 0.717) is 13.0 Å². The molecule has 0 spiro atoms. The Balaban J connectivity index is 1.06. The summed E-state index contributed by atoms with van der Waals surface area (Å²) < 4.78 is 66.6. The first kappa shape index (κ1) is 62.4. The molecule has 0 saturated carbocycles. The summed E-state index contributed by atoms with van der Waals surface area (Å²) in [6.45, 7) is -4.12. The molecule has 6 fully saturated rings. The third-order valence-electron chi connectivity index (χ3n) is 13.8. The lowest BCUT2D eigenvalue weighted by molar-refractivity contribution is -0.393. The Morgan fingerprint density at radius 3 is 1.00 bits per heavy atom. The lowest BCUT2D eigenvalue weighted by Gasteiger charge is -2.49. The van der Waals surface area contributed by atoms with Crippen LogP contribution in [0.2, 0.25) is 0 Å². The first-order valence-corrected chi connectivity index (χ1v) is 24.3. The Labute approximate surface area is 426 Å². The van der Waals surface area contributed by atoms with Gasteiger partial charge in [0, 0.05) is 6.61 Å². The van der Waals surface area contributed by atoms with Crippen molar-refractivity contribution < 1.29 is 159 Å². The first-order valence-electron chi connectivity index (χ1n) is 24.3. The summed E-state index contributed by atoms with van der Waals surface area (Å²) in [5.74, 6) is -1.91. The van der Waals surface area contributed by atoms with Gasteiger partial charge in [-0.2, -0.15) is 0 Å². The molecule has 0 aliphatic carbocycles. The van der Waals surface area contributed by atoms with E-state index in [2.05, 4.69) is 0 Å². The Kier molecular flexibility index (Phi) is 23.4. The van der Waals surface area contributed by atoms with Crippen molar-refractivity contribution >= 4 is 5.97 Å². The molecule has 21 N–H and O–H groups in total. The van der Waals surface area contributed by atoms with Gasteiger partial charge in [0.25, 0.3) is 0 Å². The summed E-state index contributed by atoms with van der Waals surface area (Å²) in [5, 5.41) is 202. The molecule has 33 nitrogen and oxygen atoms in total. The second-order valence-electron chi connectivity index (χ2n) is 18.8. The van der Waals surface area contributed by atoms with Gasteiger partial charge in [-0.25, -0.2) is 4.79 Å². The van der Waals surface area contributed by atoms with Crippen molar-refractivity contribution in [3.05, 3.63) is 0 Å². The monoisotopic (exact) mass is 1100 g/mol. The molecule has 75 heavy (non-hydrogen) atoms. The molecule has 0 aromatic carbocycles. The SMILES string of the molecule is NCCCCCCO[C@H]1OC(CO)[C@@H](O[C@@H]2OC(CO)[C@@H](O[C@@H]3OC(C(=O)O)[C@@H](O[C@H]4OC(CO)[C@H](O[C@H]5OC(CO)[C@@H](O[C@@H]6OC(CO)[C@@H](O)C(O)C6O)C(O)C5O)C(O)C4O)C(O)C3O)C(O)C2O)C(O)C1O. The molecule has 30 atom stereocenters. The predicted molar refractivity (Wildman–Crippen MR) is 231 cm³/mol. The van der Waals surface area contributed by atoms with Crippen LogP contribution in [-0.2, 0) is 61.6 Å². The average Bonchev–Trinajstić information content (AvgIpc) is 3.40. The number of hydrogen-bond acceptors (Lipinski definition) is 32. The quantitative estimate of drug-likeness (QED) is 0.0423. The maximum Gasteiger partial charge on any atom is 0.335 e. The summed E-state index contributed by atoms with van der Waals surface area (Å²) in [4.78, 5) is 12.6. The normalized spacial score (nSPS) is 48.9. The van der Waals surface area contributed by atoms with Gasteiger partial charge in [0.05, 0.1) is 33.0 Å². The van der Waals surface area contributed by atoms with Gasteiger partial charge < -0.3 is 160 Å². The van der Waals surface area contributed by atoms with Crippen molar-refractivity contribution in [2.75, 3.05) is 46.2 Å². The molecular weight excluding hydrogens is 1030 g/mol. The number of hydrogen-bond donors (Lipinski definition) is 20. The largest absolute Gasteiger partial charge is 0.479 e. The Bertz CT molecular complexity index is 1710. The van der Waals surface area contributed by atoms with Crippen LogP contribution in [0.15, 0.2) is 0 Å². The zero-order valence-corrected chi connectivity index (χ0v) is 40.0. The van der Waals surface area contributed by atoms with E-state index in [1.807, 2.05) is 0 Å². The van der Waals surface area contributed by atoms with Gasteiger partial charge >= 0.3 is 5.97 Å². The Morgan fingerprint density at radius 1 is 0.347 bits per heavy atom. The van der Waals surface area contributed by atoms with Gasteiger partial charge in [-0.15, -0.1) is 0 Å². The fourth-order valence-electron chi connectivity index (χ4n) is 9.41. The van der Waals surface area contributed by atoms with Gasteiger partial charge in [-0.05, 0) is 19.4 Å². The van der Waals surface area contributed by atoms with Crippen LogP contribution in [0.3, 0.4) is 0 Å². The van der Waals surface area contributed by atoms with Crippen molar-refractivity contribution in [1.82, 2.24) is 0 Å². The highest BCUT2D eigenvalue weighted by molar-refractivity contribution is 5.73. The first-order chi connectivity index (χ1) is 35.7. The summed E-state index contributed by atoms with van der Waals surface area (Å²) in [5.41, 5.74) is 5.50. The molecule has 6 saturated heterocycles. The fraction of sp³-hybridized carbons (Fsp3) is 0.976. The van der Waals surface area contributed by atoms with E-state index in [4.69, 9.17) is 62.6 Å². The van der Waals surface area contributed by atoms with Crippen LogP contribution in [0.25, 0.3) is 0 Å². The van der Waals surface area contributed by atoms with Crippen LogP contribution in [0.5, 0.6) is 0 Å². The molecule has 18 unspecified atom stereocenters. The van der Waals surface area contributed by atoms with Gasteiger partial charge in [0.15, 0.2) is 43.8 Å². The molecule has 0 amide bonds. The number of nitrogens with two attached hydrogens (primary N) is 1. The van der Waals surface area contributed by atoms with Gasteiger partial charge in [0.2, 0.25) is 0 Å². The van der Waals surface area contributed by atoms with E-state index in [9.17, 15) is 102 Å². The van der Waals surface area contributed by atoms with E-state index in [1.165, 1.54) is 0 Å². The summed E-state index contributed by atoms with van der Waals surface area (Å²) in [7, 11) is 0. The number of carboxylic acids is 1. The zero-order valence-electron chi connectivity index (χ0n) is 40.0. The third kappa shape index (κ3) is 13.9. The molecule has 0 bridgehead atoms. The van der Waals surface area contributed by atoms with Gasteiger partial charge in [-0.1, -0.05) is 12.8 Å². The number of aliphatic hydroxyl groups excluding tert-OH is 18. The zero-order chi connectivity index (χ0) is 55.2. The molecule has 6 heterocycles. The average molecular weight is 1100 g/mol. The lowest BCUT2D eigenvalue weighted by Crippen LogP contribution is -2.68. The minimum atomic E-state index is -2.37. The number of unbranched alkanes of at least 4 members (excludes halogenated alkanes) is 3. The van der Waals surface area contributed by atoms with E-state index < -0.39 is 223 Å². The van der Waals surface area contributed by atoms with Crippen LogP contribution >= 0.6 is 0 Å². The molecule has 0 aromatic heterocycles. The van der Waals surface area contributed by atoms with Gasteiger partial charge in [0.1, 0.15) is 140 Å². The summed E-state index contributed by atoms with van der Waals surface area (Å²) >= 11 is 0. The van der Waals surface area contributed by atoms with E-state index >= 15 is 0 Å². The highest BCUT2D eigenvalue weighted by atomic mass is 16.8. The molecule has 0 aromatic rings. The highest BCUT2D eigenvalue weighted by Gasteiger charge is 2.58. The number of carbonyl (C=O) groups is 1. The predicted octanol–water partition coefficient (Wildman–Crippen LogP) is -12.5. The van der Waals surface area contributed by atoms with Crippen LogP contribution in [0, 0.1) is 0 Å². The number of aliphatic hydroxyl groups is 18. The number of ether oxygens (including phenoxy) is 12. The standard InChI is InChI=1S/C42H73NO32/c43-5-3-1-2-4-6-64-37-25(57)19(51)30(13(8-45)66-37)71-39-27(59)21(53)33(16(11-48)68-39)73-42-29(61)23(55)34(35(75-42)36(62)63)74-41-28(60)22(54)32(15(10-47)69-41)72-40-26(58)20(52)31(14(9-46)67-40)70-38-24(56)18(50)17(49)12(7-44)65-38/h12-35,37-42,44-61H,1-11,43H2,(H,62,63)/t12?,13?,14?,15?,16?,17-,18?,19?,20?,21?,22?,23?,24?,25?,26?,27?,28?,29?,30-,31-,32+,33-,34+,35?,37+,38+,39+,40-,41-,42-/m1/s1. The van der Waals surface area contributed by atoms with Crippen LogP contribution in [-0.4, -0.2) is 333 Å². The molecule has 6 aliphatic rings. The highest BCUT2D eigenvalue weighted by Crippen LogP contribution is 2.37. The molecule has 0 radical (unpaired) electrons. The third-order valence-corrected chi connectivity index (χ3v) is 13.8. The lowest BCUT2D eigenvalue weighted by atomic mass is 9.95. The van der Waals surface area contributed by atoms with Crippen LogP contribution in [0.4, 0.5) is 0 Å². The fourth-order valence-corrected chi connectivity index (χ4v) is 9.41. The number of aliphatic carboxylic acids is 1. The minimum absolute atomic E-state index is 0.122. The van der Waals surface area contributed by atoms with Crippen LogP contribution in [0.1, 0.15) is 25.7 Å².